The van der Waals surface area contributed by atoms with E-state index in [-0.39, 0.29) is 11.7 Å². The van der Waals surface area contributed by atoms with Crippen molar-refractivity contribution in [3.63, 3.8) is 0 Å². The fourth-order valence-corrected chi connectivity index (χ4v) is 3.50. The maximum absolute atomic E-state index is 12.6. The number of methoxy groups -OCH3 is 4. The maximum atomic E-state index is 12.6. The molecular weight excluding hydrogens is 394 g/mol. The third kappa shape index (κ3) is 5.89. The highest BCUT2D eigenvalue weighted by molar-refractivity contribution is 7.87. The van der Waals surface area contributed by atoms with Crippen LogP contribution in [0.2, 0.25) is 0 Å². The van der Waals surface area contributed by atoms with Gasteiger partial charge in [0, 0.05) is 17.5 Å². The SMILES string of the molecule is COc1cc(OC)c(C=CS(=O)Cc2ccc(OC)c(N=C(N)N)c2)c(OC)c1. The summed E-state index contributed by atoms with van der Waals surface area (Å²) in [7, 11) is 4.87. The molecule has 0 aromatic heterocycles. The molecule has 1 unspecified atom stereocenters. The number of nitrogens with zero attached hydrogens (tertiary/aromatic N) is 1. The third-order valence-corrected chi connectivity index (χ3v) is 5.00. The summed E-state index contributed by atoms with van der Waals surface area (Å²) in [6.45, 7) is 0. The van der Waals surface area contributed by atoms with Crippen molar-refractivity contribution < 1.29 is 23.2 Å². The van der Waals surface area contributed by atoms with Crippen molar-refractivity contribution in [3.05, 3.63) is 46.9 Å². The van der Waals surface area contributed by atoms with Crippen LogP contribution in [0.5, 0.6) is 23.0 Å². The predicted octanol–water partition coefficient (Wildman–Crippen LogP) is 2.55. The Morgan fingerprint density at radius 3 is 2.10 bits per heavy atom. The van der Waals surface area contributed by atoms with Gasteiger partial charge in [0.2, 0.25) is 0 Å². The minimum Gasteiger partial charge on any atom is -0.496 e. The van der Waals surface area contributed by atoms with E-state index in [4.69, 9.17) is 30.4 Å². The van der Waals surface area contributed by atoms with Crippen molar-refractivity contribution in [3.8, 4) is 23.0 Å². The second-order valence-corrected chi connectivity index (χ2v) is 7.14. The molecule has 2 aromatic carbocycles. The summed E-state index contributed by atoms with van der Waals surface area (Å²) in [4.78, 5) is 4.04. The van der Waals surface area contributed by atoms with E-state index in [2.05, 4.69) is 4.99 Å². The standard InChI is InChI=1S/C20H25N3O5S/c1-25-14-10-18(27-3)15(19(11-14)28-4)7-8-29(24)12-13-5-6-17(26-2)16(9-13)23-20(21)22/h5-11H,12H2,1-4H3,(H4,21,22,23). The predicted molar refractivity (Wildman–Crippen MR) is 115 cm³/mol. The first-order chi connectivity index (χ1) is 13.9. The first-order valence-corrected chi connectivity index (χ1v) is 9.92. The van der Waals surface area contributed by atoms with Gasteiger partial charge in [-0.25, -0.2) is 4.99 Å². The Morgan fingerprint density at radius 2 is 1.59 bits per heavy atom. The van der Waals surface area contributed by atoms with Gasteiger partial charge in [-0.2, -0.15) is 0 Å². The Kier molecular flexibility index (Phi) is 7.90. The Hall–Kier alpha value is -3.20. The van der Waals surface area contributed by atoms with Crippen molar-refractivity contribution in [2.75, 3.05) is 28.4 Å². The van der Waals surface area contributed by atoms with Gasteiger partial charge in [0.1, 0.15) is 28.7 Å². The van der Waals surface area contributed by atoms with Gasteiger partial charge in [-0.15, -0.1) is 0 Å². The minimum atomic E-state index is -1.30. The normalized spacial score (nSPS) is 11.7. The molecule has 0 saturated carbocycles. The smallest absolute Gasteiger partial charge is 0.191 e. The fraction of sp³-hybridized carbons (Fsp3) is 0.250. The van der Waals surface area contributed by atoms with Gasteiger partial charge in [-0.1, -0.05) is 6.07 Å². The first-order valence-electron chi connectivity index (χ1n) is 8.53. The molecule has 0 fully saturated rings. The van der Waals surface area contributed by atoms with Crippen molar-refractivity contribution in [2.45, 2.75) is 5.75 Å². The van der Waals surface area contributed by atoms with Gasteiger partial charge in [0.25, 0.3) is 0 Å². The number of hydrogen-bond donors (Lipinski definition) is 2. The lowest BCUT2D eigenvalue weighted by molar-refractivity contribution is 0.374. The summed E-state index contributed by atoms with van der Waals surface area (Å²) in [5, 5.41) is 1.58. The van der Waals surface area contributed by atoms with Gasteiger partial charge in [0.15, 0.2) is 5.96 Å². The number of aliphatic imine (C=N–C) groups is 1. The van der Waals surface area contributed by atoms with Crippen LogP contribution >= 0.6 is 0 Å². The molecule has 2 rings (SSSR count). The monoisotopic (exact) mass is 419 g/mol. The maximum Gasteiger partial charge on any atom is 0.191 e. The summed E-state index contributed by atoms with van der Waals surface area (Å²) >= 11 is 0. The van der Waals surface area contributed by atoms with Gasteiger partial charge in [-0.05, 0) is 23.8 Å². The van der Waals surface area contributed by atoms with Crippen LogP contribution in [0.1, 0.15) is 11.1 Å². The van der Waals surface area contributed by atoms with Crippen LogP contribution in [-0.2, 0) is 16.6 Å². The average molecular weight is 420 g/mol. The number of ether oxygens (including phenoxy) is 4. The molecule has 0 heterocycles. The van der Waals surface area contributed by atoms with E-state index in [9.17, 15) is 4.21 Å². The third-order valence-electron chi connectivity index (χ3n) is 3.94. The number of rotatable bonds is 9. The lowest BCUT2D eigenvalue weighted by atomic mass is 10.1. The van der Waals surface area contributed by atoms with Crippen LogP contribution in [0, 0.1) is 0 Å². The van der Waals surface area contributed by atoms with Crippen molar-refractivity contribution >= 4 is 28.5 Å². The van der Waals surface area contributed by atoms with Gasteiger partial charge in [-0.3, -0.25) is 4.21 Å². The van der Waals surface area contributed by atoms with E-state index in [0.717, 1.165) is 5.56 Å². The Labute approximate surface area is 172 Å². The Balaban J connectivity index is 2.26. The number of guanidine groups is 1. The zero-order chi connectivity index (χ0) is 21.4. The summed E-state index contributed by atoms with van der Waals surface area (Å²) in [6, 6.07) is 8.74. The quantitative estimate of drug-likeness (QED) is 0.473. The van der Waals surface area contributed by atoms with E-state index < -0.39 is 10.8 Å². The molecule has 8 nitrogen and oxygen atoms in total. The lowest BCUT2D eigenvalue weighted by Crippen LogP contribution is -2.22. The second-order valence-electron chi connectivity index (χ2n) is 5.82. The van der Waals surface area contributed by atoms with E-state index in [1.165, 1.54) is 7.11 Å². The van der Waals surface area contributed by atoms with Crippen LogP contribution in [0.15, 0.2) is 40.7 Å². The van der Waals surface area contributed by atoms with Crippen molar-refractivity contribution in [1.82, 2.24) is 0 Å². The van der Waals surface area contributed by atoms with Gasteiger partial charge in [0.05, 0.1) is 50.6 Å². The highest BCUT2D eigenvalue weighted by atomic mass is 32.2. The fourth-order valence-electron chi connectivity index (χ4n) is 2.61. The van der Waals surface area contributed by atoms with Crippen LogP contribution in [0.3, 0.4) is 0 Å². The van der Waals surface area contributed by atoms with Crippen LogP contribution in [0.4, 0.5) is 5.69 Å². The summed E-state index contributed by atoms with van der Waals surface area (Å²) in [6.07, 6.45) is 1.70. The molecule has 0 radical (unpaired) electrons. The molecule has 2 aromatic rings. The molecule has 0 aliphatic rings. The van der Waals surface area contributed by atoms with Crippen molar-refractivity contribution in [2.24, 2.45) is 16.5 Å². The van der Waals surface area contributed by atoms with Crippen LogP contribution in [0.25, 0.3) is 6.08 Å². The largest absolute Gasteiger partial charge is 0.496 e. The van der Waals surface area contributed by atoms with E-state index in [0.29, 0.717) is 34.2 Å². The molecule has 0 bridgehead atoms. The molecule has 4 N–H and O–H groups in total. The zero-order valence-corrected chi connectivity index (χ0v) is 17.6. The molecular formula is C20H25N3O5S. The first kappa shape index (κ1) is 22.1. The molecule has 0 aliphatic carbocycles. The molecule has 0 spiro atoms. The van der Waals surface area contributed by atoms with E-state index in [1.807, 2.05) is 6.07 Å². The number of hydrogen-bond acceptors (Lipinski definition) is 6. The van der Waals surface area contributed by atoms with Gasteiger partial charge < -0.3 is 30.4 Å². The second kappa shape index (κ2) is 10.4. The topological polar surface area (TPSA) is 118 Å². The highest BCUT2D eigenvalue weighted by Crippen LogP contribution is 2.35. The molecule has 0 saturated heterocycles. The summed E-state index contributed by atoms with van der Waals surface area (Å²) < 4.78 is 33.9. The molecule has 9 heteroatoms. The molecule has 1 atom stereocenters. The van der Waals surface area contributed by atoms with Crippen LogP contribution in [-0.4, -0.2) is 38.6 Å². The summed E-state index contributed by atoms with van der Waals surface area (Å²) in [5.41, 5.74) is 12.8. The highest BCUT2D eigenvalue weighted by Gasteiger charge is 2.12. The Morgan fingerprint density at radius 1 is 0.966 bits per heavy atom. The van der Waals surface area contributed by atoms with E-state index in [1.54, 1.807) is 57.1 Å². The zero-order valence-electron chi connectivity index (χ0n) is 16.8. The van der Waals surface area contributed by atoms with Crippen molar-refractivity contribution in [1.29, 1.82) is 0 Å². The molecule has 0 aliphatic heterocycles. The minimum absolute atomic E-state index is 0.0832. The number of benzene rings is 2. The molecule has 156 valence electrons. The molecule has 0 amide bonds. The average Bonchev–Trinajstić information content (AvgIpc) is 2.71. The number of nitrogens with two attached hydrogens (primary N) is 2. The van der Waals surface area contributed by atoms with Gasteiger partial charge >= 0.3 is 0 Å². The lowest BCUT2D eigenvalue weighted by Gasteiger charge is -2.12. The summed E-state index contributed by atoms with van der Waals surface area (Å²) in [5.74, 6) is 2.41. The molecule has 29 heavy (non-hydrogen) atoms. The Bertz CT molecular complexity index is 915. The van der Waals surface area contributed by atoms with Crippen LogP contribution < -0.4 is 30.4 Å². The van der Waals surface area contributed by atoms with E-state index >= 15 is 0 Å².